The number of aromatic nitrogens is 2. The Morgan fingerprint density at radius 1 is 1.55 bits per heavy atom. The number of halogens is 1. The zero-order valence-electron chi connectivity index (χ0n) is 11.9. The molecular formula is C12H23ClN4O2S. The monoisotopic (exact) mass is 322 g/mol. The van der Waals surface area contributed by atoms with E-state index in [1.54, 1.807) is 7.05 Å². The third kappa shape index (κ3) is 3.33. The molecule has 1 saturated carbocycles. The summed E-state index contributed by atoms with van der Waals surface area (Å²) >= 11 is 0. The number of rotatable bonds is 4. The molecule has 1 heterocycles. The van der Waals surface area contributed by atoms with E-state index in [0.29, 0.717) is 6.54 Å². The van der Waals surface area contributed by atoms with E-state index in [-0.39, 0.29) is 23.2 Å². The molecule has 1 aliphatic carbocycles. The second-order valence-corrected chi connectivity index (χ2v) is 7.14. The molecule has 0 amide bonds. The maximum atomic E-state index is 12.4. The van der Waals surface area contributed by atoms with Gasteiger partial charge in [0.1, 0.15) is 4.90 Å². The molecule has 0 saturated heterocycles. The minimum Gasteiger partial charge on any atom is -0.329 e. The first-order valence-electron chi connectivity index (χ1n) is 6.62. The highest BCUT2D eigenvalue weighted by Crippen LogP contribution is 2.34. The van der Waals surface area contributed by atoms with Gasteiger partial charge in [0.15, 0.2) is 0 Å². The average Bonchev–Trinajstić information content (AvgIpc) is 2.80. The SMILES string of the molecule is CC1CCCCC1(CN)NS(=O)(=O)c1cnn(C)c1.Cl. The molecule has 1 aromatic rings. The molecule has 0 bridgehead atoms. The van der Waals surface area contributed by atoms with Gasteiger partial charge in [0.2, 0.25) is 10.0 Å². The van der Waals surface area contributed by atoms with E-state index in [1.165, 1.54) is 17.1 Å². The highest BCUT2D eigenvalue weighted by atomic mass is 35.5. The fraction of sp³-hybridized carbons (Fsp3) is 0.750. The van der Waals surface area contributed by atoms with Crippen LogP contribution < -0.4 is 10.5 Å². The van der Waals surface area contributed by atoms with Gasteiger partial charge in [-0.25, -0.2) is 13.1 Å². The Labute approximate surface area is 126 Å². The third-order valence-electron chi connectivity index (χ3n) is 4.15. The molecule has 3 N–H and O–H groups in total. The highest BCUT2D eigenvalue weighted by Gasteiger charge is 2.40. The van der Waals surface area contributed by atoms with Gasteiger partial charge in [-0.05, 0) is 18.8 Å². The van der Waals surface area contributed by atoms with Crippen LogP contribution in [0.4, 0.5) is 0 Å². The molecule has 0 aromatic carbocycles. The molecule has 1 aliphatic rings. The van der Waals surface area contributed by atoms with E-state index in [1.807, 2.05) is 0 Å². The molecule has 2 unspecified atom stereocenters. The lowest BCUT2D eigenvalue weighted by Crippen LogP contribution is -2.58. The van der Waals surface area contributed by atoms with Crippen LogP contribution in [0.1, 0.15) is 32.6 Å². The van der Waals surface area contributed by atoms with Crippen molar-refractivity contribution in [2.75, 3.05) is 6.54 Å². The smallest absolute Gasteiger partial charge is 0.244 e. The molecule has 0 radical (unpaired) electrons. The first-order chi connectivity index (χ1) is 8.89. The van der Waals surface area contributed by atoms with Crippen molar-refractivity contribution < 1.29 is 8.42 Å². The number of hydrogen-bond donors (Lipinski definition) is 2. The van der Waals surface area contributed by atoms with Gasteiger partial charge < -0.3 is 5.73 Å². The number of hydrogen-bond acceptors (Lipinski definition) is 4. The van der Waals surface area contributed by atoms with Crippen LogP contribution in [-0.2, 0) is 17.1 Å². The normalized spacial score (nSPS) is 27.1. The van der Waals surface area contributed by atoms with Crippen molar-refractivity contribution in [2.45, 2.75) is 43.0 Å². The number of aryl methyl sites for hydroxylation is 1. The fourth-order valence-corrected chi connectivity index (χ4v) is 4.29. The van der Waals surface area contributed by atoms with E-state index < -0.39 is 15.6 Å². The Morgan fingerprint density at radius 3 is 2.75 bits per heavy atom. The molecular weight excluding hydrogens is 300 g/mol. The van der Waals surface area contributed by atoms with E-state index in [4.69, 9.17) is 5.73 Å². The van der Waals surface area contributed by atoms with Crippen LogP contribution in [0.2, 0.25) is 0 Å². The van der Waals surface area contributed by atoms with Crippen LogP contribution in [-0.4, -0.2) is 30.3 Å². The maximum Gasteiger partial charge on any atom is 0.244 e. The van der Waals surface area contributed by atoms with Gasteiger partial charge in [-0.3, -0.25) is 4.68 Å². The summed E-state index contributed by atoms with van der Waals surface area (Å²) in [5.41, 5.74) is 5.35. The van der Waals surface area contributed by atoms with Crippen LogP contribution in [0.5, 0.6) is 0 Å². The van der Waals surface area contributed by atoms with Crippen molar-refractivity contribution in [2.24, 2.45) is 18.7 Å². The summed E-state index contributed by atoms with van der Waals surface area (Å²) < 4.78 is 29.1. The van der Waals surface area contributed by atoms with Crippen molar-refractivity contribution in [3.8, 4) is 0 Å². The summed E-state index contributed by atoms with van der Waals surface area (Å²) in [5, 5.41) is 3.91. The molecule has 1 fully saturated rings. The largest absolute Gasteiger partial charge is 0.329 e. The maximum absolute atomic E-state index is 12.4. The Kier molecular flexibility index (Phi) is 5.60. The second-order valence-electron chi connectivity index (χ2n) is 5.46. The molecule has 6 nitrogen and oxygen atoms in total. The van der Waals surface area contributed by atoms with Gasteiger partial charge in [0, 0.05) is 25.3 Å². The predicted octanol–water partition coefficient (Wildman–Crippen LogP) is 1.03. The molecule has 1 aromatic heterocycles. The first kappa shape index (κ1) is 17.4. The summed E-state index contributed by atoms with van der Waals surface area (Å²) in [5.74, 6) is 0.248. The van der Waals surface area contributed by atoms with Crippen LogP contribution in [0.3, 0.4) is 0 Å². The zero-order chi connectivity index (χ0) is 14.1. The van der Waals surface area contributed by atoms with Crippen LogP contribution in [0.25, 0.3) is 0 Å². The lowest BCUT2D eigenvalue weighted by molar-refractivity contribution is 0.191. The molecule has 2 rings (SSSR count). The standard InChI is InChI=1S/C12H22N4O2S.ClH/c1-10-5-3-4-6-12(10,9-13)15-19(17,18)11-7-14-16(2)8-11;/h7-8,10,15H,3-6,9,13H2,1-2H3;1H. The molecule has 116 valence electrons. The first-order valence-corrected chi connectivity index (χ1v) is 8.11. The van der Waals surface area contributed by atoms with Gasteiger partial charge >= 0.3 is 0 Å². The van der Waals surface area contributed by atoms with E-state index >= 15 is 0 Å². The van der Waals surface area contributed by atoms with Crippen molar-refractivity contribution in [3.63, 3.8) is 0 Å². The summed E-state index contributed by atoms with van der Waals surface area (Å²) in [6.45, 7) is 2.39. The number of sulfonamides is 1. The minimum absolute atomic E-state index is 0. The molecule has 8 heteroatoms. The van der Waals surface area contributed by atoms with Gasteiger partial charge in [-0.15, -0.1) is 12.4 Å². The second kappa shape index (κ2) is 6.43. The molecule has 0 spiro atoms. The number of nitrogens with two attached hydrogens (primary N) is 1. The topological polar surface area (TPSA) is 90.0 Å². The summed E-state index contributed by atoms with van der Waals surface area (Å²) in [6.07, 6.45) is 6.81. The zero-order valence-corrected chi connectivity index (χ0v) is 13.5. The van der Waals surface area contributed by atoms with E-state index in [2.05, 4.69) is 16.7 Å². The van der Waals surface area contributed by atoms with Crippen molar-refractivity contribution in [1.29, 1.82) is 0 Å². The number of nitrogens with zero attached hydrogens (tertiary/aromatic N) is 2. The van der Waals surface area contributed by atoms with Gasteiger partial charge in [-0.1, -0.05) is 19.8 Å². The minimum atomic E-state index is -3.56. The summed E-state index contributed by atoms with van der Waals surface area (Å²) in [6, 6.07) is 0. The molecule has 20 heavy (non-hydrogen) atoms. The lowest BCUT2D eigenvalue weighted by atomic mass is 9.74. The Hall–Kier alpha value is -0.630. The summed E-state index contributed by atoms with van der Waals surface area (Å²) in [7, 11) is -1.86. The average molecular weight is 323 g/mol. The van der Waals surface area contributed by atoms with E-state index in [0.717, 1.165) is 25.7 Å². The van der Waals surface area contributed by atoms with Gasteiger partial charge in [0.25, 0.3) is 0 Å². The highest BCUT2D eigenvalue weighted by molar-refractivity contribution is 7.89. The van der Waals surface area contributed by atoms with Crippen molar-refractivity contribution in [3.05, 3.63) is 12.4 Å². The van der Waals surface area contributed by atoms with Crippen LogP contribution in [0.15, 0.2) is 17.3 Å². The lowest BCUT2D eigenvalue weighted by Gasteiger charge is -2.42. The molecule has 2 atom stereocenters. The summed E-state index contributed by atoms with van der Waals surface area (Å²) in [4.78, 5) is 0.195. The predicted molar refractivity (Wildman–Crippen MR) is 80.2 cm³/mol. The van der Waals surface area contributed by atoms with Gasteiger partial charge in [-0.2, -0.15) is 5.10 Å². The quantitative estimate of drug-likeness (QED) is 0.866. The Bertz CT molecular complexity index is 545. The van der Waals surface area contributed by atoms with Crippen molar-refractivity contribution in [1.82, 2.24) is 14.5 Å². The molecule has 0 aliphatic heterocycles. The Morgan fingerprint density at radius 2 is 2.25 bits per heavy atom. The van der Waals surface area contributed by atoms with E-state index in [9.17, 15) is 8.42 Å². The van der Waals surface area contributed by atoms with Gasteiger partial charge in [0.05, 0.1) is 6.20 Å². The third-order valence-corrected chi connectivity index (χ3v) is 5.65. The number of nitrogens with one attached hydrogen (secondary N) is 1. The Balaban J connectivity index is 0.00000200. The van der Waals surface area contributed by atoms with Crippen molar-refractivity contribution >= 4 is 22.4 Å². The fourth-order valence-electron chi connectivity index (χ4n) is 2.77. The van der Waals surface area contributed by atoms with Crippen LogP contribution >= 0.6 is 12.4 Å². The van der Waals surface area contributed by atoms with Crippen LogP contribution in [0, 0.1) is 5.92 Å².